The minimum Gasteiger partial charge on any atom is -0.497 e. The summed E-state index contributed by atoms with van der Waals surface area (Å²) < 4.78 is 44.3. The Balaban J connectivity index is 1.28. The van der Waals surface area contributed by atoms with Crippen LogP contribution in [0.4, 0.5) is 10.1 Å². The van der Waals surface area contributed by atoms with Gasteiger partial charge in [-0.05, 0) is 104 Å². The molecular weight excluding hydrogens is 625 g/mol. The van der Waals surface area contributed by atoms with Crippen LogP contribution in [0.5, 0.6) is 23.0 Å². The summed E-state index contributed by atoms with van der Waals surface area (Å²) >= 11 is 0. The van der Waals surface area contributed by atoms with Gasteiger partial charge in [-0.25, -0.2) is 9.18 Å². The van der Waals surface area contributed by atoms with Gasteiger partial charge in [-0.3, -0.25) is 4.79 Å². The second-order valence-electron chi connectivity index (χ2n) is 12.9. The van der Waals surface area contributed by atoms with E-state index in [2.05, 4.69) is 12.2 Å². The molecule has 1 amide bonds. The predicted molar refractivity (Wildman–Crippen MR) is 185 cm³/mol. The van der Waals surface area contributed by atoms with Crippen molar-refractivity contribution in [3.8, 4) is 34.1 Å². The monoisotopic (exact) mass is 667 g/mol. The molecule has 6 rings (SSSR count). The second-order valence-corrected chi connectivity index (χ2v) is 12.9. The highest BCUT2D eigenvalue weighted by Crippen LogP contribution is 2.46. The van der Waals surface area contributed by atoms with Gasteiger partial charge < -0.3 is 29.0 Å². The summed E-state index contributed by atoms with van der Waals surface area (Å²) in [6.45, 7) is 3.20. The van der Waals surface area contributed by atoms with Gasteiger partial charge in [0, 0.05) is 41.8 Å². The van der Waals surface area contributed by atoms with E-state index in [1.165, 1.54) is 13.2 Å². The van der Waals surface area contributed by atoms with Crippen molar-refractivity contribution in [2.45, 2.75) is 63.4 Å². The van der Waals surface area contributed by atoms with Crippen molar-refractivity contribution in [3.63, 3.8) is 0 Å². The highest BCUT2D eigenvalue weighted by Gasteiger charge is 2.36. The SMILES string of the molecule is COC(=O)c1ccc(-c2ccc(Oc3cc4c(cc3OCC3CCCCO3)CCC[C@]4(C)CC(=O)Nc3cccc(OC)c3)cc2F)cc1. The number of esters is 1. The fourth-order valence-corrected chi connectivity index (χ4v) is 6.76. The van der Waals surface area contributed by atoms with Crippen LogP contribution in [0.3, 0.4) is 0 Å². The lowest BCUT2D eigenvalue weighted by Crippen LogP contribution is -2.32. The summed E-state index contributed by atoms with van der Waals surface area (Å²) in [5, 5.41) is 3.03. The maximum Gasteiger partial charge on any atom is 0.337 e. The van der Waals surface area contributed by atoms with E-state index in [9.17, 15) is 9.59 Å². The molecule has 8 nitrogen and oxygen atoms in total. The first kappa shape index (κ1) is 34.0. The highest BCUT2D eigenvalue weighted by atomic mass is 19.1. The summed E-state index contributed by atoms with van der Waals surface area (Å²) in [6.07, 6.45) is 5.91. The Morgan fingerprint density at radius 3 is 2.51 bits per heavy atom. The number of methoxy groups -OCH3 is 2. The van der Waals surface area contributed by atoms with E-state index in [4.69, 9.17) is 23.7 Å². The van der Waals surface area contributed by atoms with E-state index in [-0.39, 0.29) is 18.4 Å². The Morgan fingerprint density at radius 2 is 1.78 bits per heavy atom. The maximum absolute atomic E-state index is 15.6. The average Bonchev–Trinajstić information content (AvgIpc) is 3.11. The van der Waals surface area contributed by atoms with E-state index in [1.54, 1.807) is 49.6 Å². The molecule has 2 aliphatic rings. The smallest absolute Gasteiger partial charge is 0.337 e. The molecule has 49 heavy (non-hydrogen) atoms. The zero-order valence-electron chi connectivity index (χ0n) is 28.2. The molecule has 1 aliphatic heterocycles. The Labute approximate surface area is 286 Å². The molecule has 0 aromatic heterocycles. The van der Waals surface area contributed by atoms with Crippen molar-refractivity contribution in [1.82, 2.24) is 0 Å². The van der Waals surface area contributed by atoms with Crippen molar-refractivity contribution in [3.05, 3.63) is 101 Å². The van der Waals surface area contributed by atoms with Crippen molar-refractivity contribution >= 4 is 17.6 Å². The first-order valence-corrected chi connectivity index (χ1v) is 16.8. The summed E-state index contributed by atoms with van der Waals surface area (Å²) in [4.78, 5) is 25.2. The van der Waals surface area contributed by atoms with Gasteiger partial charge in [-0.1, -0.05) is 25.1 Å². The Morgan fingerprint density at radius 1 is 0.939 bits per heavy atom. The second kappa shape index (κ2) is 15.1. The largest absolute Gasteiger partial charge is 0.497 e. The number of hydrogen-bond acceptors (Lipinski definition) is 7. The highest BCUT2D eigenvalue weighted by molar-refractivity contribution is 5.92. The molecule has 4 aromatic carbocycles. The Hall–Kier alpha value is -4.89. The van der Waals surface area contributed by atoms with Crippen LogP contribution < -0.4 is 19.5 Å². The van der Waals surface area contributed by atoms with Gasteiger partial charge in [-0.2, -0.15) is 0 Å². The molecule has 2 atom stereocenters. The number of aryl methyl sites for hydroxylation is 1. The number of fused-ring (bicyclic) bond motifs is 1. The maximum atomic E-state index is 15.6. The molecule has 0 bridgehead atoms. The molecule has 0 spiro atoms. The molecule has 0 saturated carbocycles. The fraction of sp³-hybridized carbons (Fsp3) is 0.350. The van der Waals surface area contributed by atoms with Crippen LogP contribution in [-0.4, -0.2) is 45.4 Å². The summed E-state index contributed by atoms with van der Waals surface area (Å²) in [6, 6.07) is 22.5. The van der Waals surface area contributed by atoms with Crippen LogP contribution >= 0.6 is 0 Å². The van der Waals surface area contributed by atoms with Crippen molar-refractivity contribution < 1.29 is 37.7 Å². The molecular formula is C40H42FNO7. The molecule has 1 aliphatic carbocycles. The van der Waals surface area contributed by atoms with E-state index in [0.717, 1.165) is 56.3 Å². The van der Waals surface area contributed by atoms with Crippen LogP contribution in [0.15, 0.2) is 78.9 Å². The van der Waals surface area contributed by atoms with E-state index in [0.29, 0.717) is 52.0 Å². The van der Waals surface area contributed by atoms with Crippen LogP contribution in [-0.2, 0) is 26.1 Å². The van der Waals surface area contributed by atoms with E-state index >= 15 is 4.39 Å². The number of carbonyl (C=O) groups excluding carboxylic acids is 2. The number of rotatable bonds is 11. The molecule has 256 valence electrons. The van der Waals surface area contributed by atoms with Crippen molar-refractivity contribution in [1.29, 1.82) is 0 Å². The molecule has 1 heterocycles. The van der Waals surface area contributed by atoms with Gasteiger partial charge in [0.1, 0.15) is 23.9 Å². The summed E-state index contributed by atoms with van der Waals surface area (Å²) in [5.41, 5.74) is 3.69. The minimum atomic E-state index is -0.474. The standard InChI is InChI=1S/C40H42FNO7/c1-40(24-38(43)42-29-9-6-11-30(21-29)45-2)18-7-8-28-20-36(48-25-32-10-4-5-19-47-32)37(23-34(28)40)49-31-16-17-33(35(41)22-31)26-12-14-27(15-13-26)39(44)46-3/h6,9,11-17,20-23,32H,4-5,7-8,10,18-19,24-25H2,1-3H3,(H,42,43)/t32?,40-/m1/s1. The molecule has 1 saturated heterocycles. The third-order valence-electron chi connectivity index (χ3n) is 9.38. The van der Waals surface area contributed by atoms with Gasteiger partial charge >= 0.3 is 5.97 Å². The molecule has 1 fully saturated rings. The Bertz CT molecular complexity index is 1800. The van der Waals surface area contributed by atoms with Gasteiger partial charge in [0.2, 0.25) is 5.91 Å². The summed E-state index contributed by atoms with van der Waals surface area (Å²) in [5.74, 6) is 0.950. The Kier molecular flexibility index (Phi) is 10.5. The third-order valence-corrected chi connectivity index (χ3v) is 9.38. The molecule has 1 N–H and O–H groups in total. The lowest BCUT2D eigenvalue weighted by Gasteiger charge is -2.36. The number of amides is 1. The van der Waals surface area contributed by atoms with Crippen LogP contribution in [0.1, 0.15) is 66.9 Å². The number of ether oxygens (including phenoxy) is 5. The van der Waals surface area contributed by atoms with Gasteiger partial charge in [0.25, 0.3) is 0 Å². The molecule has 4 aromatic rings. The third kappa shape index (κ3) is 8.05. The van der Waals surface area contributed by atoms with Crippen LogP contribution in [0.25, 0.3) is 11.1 Å². The van der Waals surface area contributed by atoms with Crippen molar-refractivity contribution in [2.75, 3.05) is 32.8 Å². The zero-order chi connectivity index (χ0) is 34.4. The van der Waals surface area contributed by atoms with Crippen LogP contribution in [0, 0.1) is 5.82 Å². The average molecular weight is 668 g/mol. The molecule has 1 unspecified atom stereocenters. The van der Waals surface area contributed by atoms with Gasteiger partial charge in [0.15, 0.2) is 11.5 Å². The van der Waals surface area contributed by atoms with Gasteiger partial charge in [0.05, 0.1) is 25.9 Å². The topological polar surface area (TPSA) is 92.3 Å². The fourth-order valence-electron chi connectivity index (χ4n) is 6.76. The van der Waals surface area contributed by atoms with E-state index < -0.39 is 17.2 Å². The first-order chi connectivity index (χ1) is 23.7. The van der Waals surface area contributed by atoms with E-state index in [1.807, 2.05) is 30.3 Å². The zero-order valence-corrected chi connectivity index (χ0v) is 28.2. The summed E-state index contributed by atoms with van der Waals surface area (Å²) in [7, 11) is 2.91. The number of benzene rings is 4. The number of nitrogens with one attached hydrogen (secondary N) is 1. The lowest BCUT2D eigenvalue weighted by molar-refractivity contribution is -0.117. The normalized spacial score (nSPS) is 18.6. The molecule has 0 radical (unpaired) electrons. The van der Waals surface area contributed by atoms with Crippen LogP contribution in [0.2, 0.25) is 0 Å². The number of halogens is 1. The first-order valence-electron chi connectivity index (χ1n) is 16.8. The lowest BCUT2D eigenvalue weighted by atomic mass is 9.69. The van der Waals surface area contributed by atoms with Crippen molar-refractivity contribution in [2.24, 2.45) is 0 Å². The minimum absolute atomic E-state index is 0.00879. The number of carbonyl (C=O) groups is 2. The quantitative estimate of drug-likeness (QED) is 0.160. The van der Waals surface area contributed by atoms with Gasteiger partial charge in [-0.15, -0.1) is 0 Å². The number of anilines is 1. The molecule has 9 heteroatoms. The predicted octanol–water partition coefficient (Wildman–Crippen LogP) is 8.65. The number of hydrogen-bond donors (Lipinski definition) is 1.